The zero-order chi connectivity index (χ0) is 23.8. The summed E-state index contributed by atoms with van der Waals surface area (Å²) in [5.41, 5.74) is 2.24. The predicted molar refractivity (Wildman–Crippen MR) is 125 cm³/mol. The van der Waals surface area contributed by atoms with E-state index >= 15 is 0 Å². The van der Waals surface area contributed by atoms with Gasteiger partial charge in [-0.25, -0.2) is 0 Å². The summed E-state index contributed by atoms with van der Waals surface area (Å²) in [5.74, 6) is 0.685. The van der Waals surface area contributed by atoms with E-state index in [0.29, 0.717) is 44.7 Å². The van der Waals surface area contributed by atoms with E-state index in [1.165, 1.54) is 12.1 Å². The first-order valence-electron chi connectivity index (χ1n) is 11.0. The van der Waals surface area contributed by atoms with E-state index in [0.717, 1.165) is 23.3 Å². The highest BCUT2D eigenvalue weighted by atomic mass is 16.6. The molecule has 2 aromatic rings. The number of anilines is 1. The van der Waals surface area contributed by atoms with Gasteiger partial charge in [0.2, 0.25) is 11.8 Å². The molecule has 0 saturated carbocycles. The second-order valence-electron chi connectivity index (χ2n) is 8.16. The van der Waals surface area contributed by atoms with Gasteiger partial charge in [-0.2, -0.15) is 0 Å². The maximum absolute atomic E-state index is 12.7. The summed E-state index contributed by atoms with van der Waals surface area (Å²) in [7, 11) is 1.62. The Bertz CT molecular complexity index is 993. The fraction of sp³-hybridized carbons (Fsp3) is 0.417. The van der Waals surface area contributed by atoms with Gasteiger partial charge in [-0.15, -0.1) is 0 Å². The molecule has 3 rings (SSSR count). The average Bonchev–Trinajstić information content (AvgIpc) is 3.04. The van der Waals surface area contributed by atoms with Crippen molar-refractivity contribution >= 4 is 23.2 Å². The van der Waals surface area contributed by atoms with Crippen LogP contribution in [0.2, 0.25) is 0 Å². The fourth-order valence-electron chi connectivity index (χ4n) is 3.83. The lowest BCUT2D eigenvalue weighted by molar-refractivity contribution is -0.384. The predicted octanol–water partition coefficient (Wildman–Crippen LogP) is 3.02. The first-order chi connectivity index (χ1) is 15.9. The highest BCUT2D eigenvalue weighted by Gasteiger charge is 2.21. The Hall–Kier alpha value is -3.46. The Morgan fingerprint density at radius 2 is 1.85 bits per heavy atom. The average molecular weight is 455 g/mol. The van der Waals surface area contributed by atoms with Crippen molar-refractivity contribution in [1.29, 1.82) is 0 Å². The van der Waals surface area contributed by atoms with Crippen molar-refractivity contribution in [2.45, 2.75) is 26.2 Å². The van der Waals surface area contributed by atoms with Gasteiger partial charge in [-0.3, -0.25) is 24.6 Å². The van der Waals surface area contributed by atoms with Crippen LogP contribution in [0, 0.1) is 17.0 Å². The van der Waals surface area contributed by atoms with Crippen LogP contribution in [0.1, 0.15) is 24.0 Å². The number of nitro groups is 1. The summed E-state index contributed by atoms with van der Waals surface area (Å²) in [6, 6.07) is 12.1. The van der Waals surface area contributed by atoms with E-state index in [1.54, 1.807) is 20.1 Å². The molecule has 0 radical (unpaired) electrons. The molecule has 176 valence electrons. The van der Waals surface area contributed by atoms with E-state index < -0.39 is 4.92 Å². The number of nitro benzene ring substituents is 1. The summed E-state index contributed by atoms with van der Waals surface area (Å²) < 4.78 is 5.16. The molecule has 0 atom stereocenters. The summed E-state index contributed by atoms with van der Waals surface area (Å²) >= 11 is 0. The first kappa shape index (κ1) is 24.2. The Balaban J connectivity index is 1.47. The molecule has 1 N–H and O–H groups in total. The van der Waals surface area contributed by atoms with Crippen molar-refractivity contribution in [3.8, 4) is 5.75 Å². The van der Waals surface area contributed by atoms with Crippen molar-refractivity contribution in [1.82, 2.24) is 9.80 Å². The van der Waals surface area contributed by atoms with Crippen molar-refractivity contribution < 1.29 is 19.2 Å². The largest absolute Gasteiger partial charge is 0.497 e. The van der Waals surface area contributed by atoms with Crippen LogP contribution < -0.4 is 10.1 Å². The van der Waals surface area contributed by atoms with Gasteiger partial charge in [-0.1, -0.05) is 18.2 Å². The molecule has 1 heterocycles. The molecule has 1 fully saturated rings. The molecular formula is C24H30N4O5. The van der Waals surface area contributed by atoms with Crippen LogP contribution >= 0.6 is 0 Å². The minimum Gasteiger partial charge on any atom is -0.497 e. The molecule has 0 bridgehead atoms. The van der Waals surface area contributed by atoms with Crippen molar-refractivity contribution in [3.63, 3.8) is 0 Å². The second-order valence-corrected chi connectivity index (χ2v) is 8.16. The van der Waals surface area contributed by atoms with Gasteiger partial charge in [0.05, 0.1) is 24.3 Å². The molecule has 1 aliphatic rings. The number of hydrogen-bond donors (Lipinski definition) is 1. The molecular weight excluding hydrogens is 424 g/mol. The molecule has 0 spiro atoms. The lowest BCUT2D eigenvalue weighted by atomic mass is 10.1. The number of aryl methyl sites for hydroxylation is 2. The van der Waals surface area contributed by atoms with Crippen LogP contribution in [-0.2, 0) is 16.0 Å². The number of benzene rings is 2. The molecule has 0 aliphatic carbocycles. The van der Waals surface area contributed by atoms with Crippen LogP contribution in [0.5, 0.6) is 5.75 Å². The van der Waals surface area contributed by atoms with E-state index in [4.69, 9.17) is 4.74 Å². The van der Waals surface area contributed by atoms with Gasteiger partial charge in [0.1, 0.15) is 5.75 Å². The summed E-state index contributed by atoms with van der Waals surface area (Å²) in [6.07, 6.45) is 1.91. The molecule has 2 aromatic carbocycles. The molecule has 9 nitrogen and oxygen atoms in total. The number of amides is 2. The summed E-state index contributed by atoms with van der Waals surface area (Å²) in [4.78, 5) is 39.6. The smallest absolute Gasteiger partial charge is 0.271 e. The second kappa shape index (κ2) is 11.4. The van der Waals surface area contributed by atoms with Crippen LogP contribution in [0.4, 0.5) is 11.4 Å². The molecule has 2 amide bonds. The third-order valence-corrected chi connectivity index (χ3v) is 5.80. The lowest BCUT2D eigenvalue weighted by Crippen LogP contribution is -2.38. The third kappa shape index (κ3) is 7.01. The van der Waals surface area contributed by atoms with Gasteiger partial charge in [0.15, 0.2) is 0 Å². The van der Waals surface area contributed by atoms with E-state index in [-0.39, 0.29) is 24.0 Å². The van der Waals surface area contributed by atoms with Gasteiger partial charge in [0.25, 0.3) is 5.69 Å². The monoisotopic (exact) mass is 454 g/mol. The number of carbonyl (C=O) groups is 2. The highest BCUT2D eigenvalue weighted by molar-refractivity contribution is 5.93. The highest BCUT2D eigenvalue weighted by Crippen LogP contribution is 2.22. The maximum atomic E-state index is 12.7. The van der Waals surface area contributed by atoms with Gasteiger partial charge in [0, 0.05) is 44.7 Å². The van der Waals surface area contributed by atoms with Gasteiger partial charge >= 0.3 is 0 Å². The normalized spacial score (nSPS) is 14.4. The first-order valence-corrected chi connectivity index (χ1v) is 11.0. The Morgan fingerprint density at radius 3 is 2.55 bits per heavy atom. The molecule has 1 aliphatic heterocycles. The van der Waals surface area contributed by atoms with Crippen molar-refractivity contribution in [3.05, 3.63) is 63.7 Å². The Labute approximate surface area is 193 Å². The quantitative estimate of drug-likeness (QED) is 0.486. The van der Waals surface area contributed by atoms with Crippen LogP contribution in [0.3, 0.4) is 0 Å². The molecule has 0 aromatic heterocycles. The number of nitrogens with zero attached hydrogens (tertiary/aromatic N) is 3. The zero-order valence-corrected chi connectivity index (χ0v) is 19.1. The maximum Gasteiger partial charge on any atom is 0.271 e. The van der Waals surface area contributed by atoms with E-state index in [1.807, 2.05) is 34.1 Å². The number of rotatable bonds is 8. The lowest BCUT2D eigenvalue weighted by Gasteiger charge is -2.22. The zero-order valence-electron chi connectivity index (χ0n) is 19.1. The topological polar surface area (TPSA) is 105 Å². The molecule has 33 heavy (non-hydrogen) atoms. The molecule has 9 heteroatoms. The van der Waals surface area contributed by atoms with Gasteiger partial charge < -0.3 is 15.0 Å². The van der Waals surface area contributed by atoms with Gasteiger partial charge in [-0.05, 0) is 43.0 Å². The number of nitrogens with one attached hydrogen (secondary N) is 1. The minimum absolute atomic E-state index is 0.0607. The Morgan fingerprint density at radius 1 is 1.09 bits per heavy atom. The van der Waals surface area contributed by atoms with Crippen molar-refractivity contribution in [2.75, 3.05) is 45.2 Å². The number of carbonyl (C=O) groups excluding carboxylic acids is 2. The third-order valence-electron chi connectivity index (χ3n) is 5.80. The van der Waals surface area contributed by atoms with Crippen molar-refractivity contribution in [2.24, 2.45) is 0 Å². The summed E-state index contributed by atoms with van der Waals surface area (Å²) in [6.45, 7) is 4.53. The molecule has 0 unspecified atom stereocenters. The van der Waals surface area contributed by atoms with E-state index in [2.05, 4.69) is 5.32 Å². The SMILES string of the molecule is COc1ccc(CCC(=O)N2CCCN(CC(=O)Nc3cc([N+](=O)[O-])ccc3C)CC2)cc1. The number of methoxy groups -OCH3 is 1. The van der Waals surface area contributed by atoms with Crippen LogP contribution in [0.25, 0.3) is 0 Å². The minimum atomic E-state index is -0.482. The van der Waals surface area contributed by atoms with E-state index in [9.17, 15) is 19.7 Å². The summed E-state index contributed by atoms with van der Waals surface area (Å²) in [5, 5.41) is 13.8. The van der Waals surface area contributed by atoms with Crippen LogP contribution in [-0.4, -0.2) is 66.4 Å². The number of non-ortho nitro benzene ring substituents is 1. The molecule has 1 saturated heterocycles. The standard InChI is InChI=1S/C24H30N4O5/c1-18-4-8-20(28(31)32)16-22(18)25-23(29)17-26-12-3-13-27(15-14-26)24(30)11-7-19-5-9-21(33-2)10-6-19/h4-6,8-10,16H,3,7,11-15,17H2,1-2H3,(H,25,29). The fourth-order valence-corrected chi connectivity index (χ4v) is 3.83. The number of ether oxygens (including phenoxy) is 1. The van der Waals surface area contributed by atoms with Crippen LogP contribution in [0.15, 0.2) is 42.5 Å². The Kier molecular flexibility index (Phi) is 8.37. The number of hydrogen-bond acceptors (Lipinski definition) is 6.